The lowest BCUT2D eigenvalue weighted by molar-refractivity contribution is -0.160. The summed E-state index contributed by atoms with van der Waals surface area (Å²) >= 11 is 0. The minimum Gasteiger partial charge on any atom is -0.390 e. The predicted octanol–water partition coefficient (Wildman–Crippen LogP) is 12.2. The molecule has 1 unspecified atom stereocenters. The highest BCUT2D eigenvalue weighted by Gasteiger charge is 2.43. The number of rotatable bonds is 13. The molecule has 10 saturated heterocycles. The van der Waals surface area contributed by atoms with Crippen LogP contribution < -0.4 is 5.32 Å². The molecule has 2 N–H and O–H groups in total. The van der Waals surface area contributed by atoms with Crippen LogP contribution >= 0.6 is 0 Å². The van der Waals surface area contributed by atoms with Crippen LogP contribution in [0.4, 0.5) is 8.78 Å². The Kier molecular flexibility index (Phi) is 37.0. The molecule has 10 aliphatic heterocycles. The SMILES string of the molecule is CC(C)N1CC(C#N)C1.CC(C)N1CC(C(C)(C)O)C1.CC(C)N1CC(C)(C)C1.CC(C)N1CCC2(CC1)COC2.CC(C)N1CCOC(C(C)(F)F)C1.CC(C)N1CC[C@@H]1C.CC(C)N1CC[C@H]1C.CC(C)N[C@@H]1CCO[C@H]1C.COC1(C)CN(C(C)C)C1. The zero-order valence-corrected chi connectivity index (χ0v) is 63.9. The second-order valence-corrected chi connectivity index (χ2v) is 32.8. The van der Waals surface area contributed by atoms with Crippen molar-refractivity contribution in [3.05, 3.63) is 0 Å². The maximum absolute atomic E-state index is 12.9. The third kappa shape index (κ3) is 30.1. The molecule has 0 aliphatic carbocycles. The van der Waals surface area contributed by atoms with Crippen LogP contribution in [0.25, 0.3) is 0 Å². The number of aliphatic hydroxyl groups is 1. The van der Waals surface area contributed by atoms with E-state index in [4.69, 9.17) is 24.2 Å². The molecule has 534 valence electrons. The molecule has 1 spiro atoms. The smallest absolute Gasteiger partial charge is 0.272 e. The molecule has 0 bridgehead atoms. The van der Waals surface area contributed by atoms with Crippen LogP contribution in [0, 0.1) is 34.0 Å². The summed E-state index contributed by atoms with van der Waals surface area (Å²) in [6.07, 6.45) is 6.14. The number of nitrogens with one attached hydrogen (secondary N) is 1. The number of halogens is 2. The fraction of sp³-hybridized carbons (Fsp3) is 0.986. The van der Waals surface area contributed by atoms with Gasteiger partial charge in [-0.15, -0.1) is 0 Å². The fourth-order valence-corrected chi connectivity index (χ4v) is 12.7. The number of hydrogen-bond acceptors (Lipinski definition) is 15. The monoisotopic (exact) mass is 1280 g/mol. The molecule has 0 amide bonds. The zero-order chi connectivity index (χ0) is 68.9. The van der Waals surface area contributed by atoms with E-state index in [1.165, 1.54) is 71.4 Å². The van der Waals surface area contributed by atoms with Gasteiger partial charge in [-0.1, -0.05) is 27.7 Å². The molecule has 5 atom stereocenters. The molecule has 17 heteroatoms. The molecule has 0 radical (unpaired) electrons. The van der Waals surface area contributed by atoms with Crippen LogP contribution in [0.3, 0.4) is 0 Å². The Balaban J connectivity index is 0.000000346. The Morgan fingerprint density at radius 2 is 0.978 bits per heavy atom. The van der Waals surface area contributed by atoms with E-state index in [0.29, 0.717) is 78.2 Å². The van der Waals surface area contributed by atoms with Gasteiger partial charge < -0.3 is 39.2 Å². The van der Waals surface area contributed by atoms with Gasteiger partial charge in [0.15, 0.2) is 0 Å². The summed E-state index contributed by atoms with van der Waals surface area (Å²) in [4.78, 5) is 19.2. The first-order valence-electron chi connectivity index (χ1n) is 36.1. The van der Waals surface area contributed by atoms with Crippen molar-refractivity contribution in [1.82, 2.24) is 44.5 Å². The van der Waals surface area contributed by atoms with Crippen molar-refractivity contribution < 1.29 is 32.8 Å². The normalized spacial score (nSPS) is 27.3. The molecule has 15 nitrogen and oxygen atoms in total. The maximum Gasteiger partial charge on any atom is 0.272 e. The number of nitriles is 1. The van der Waals surface area contributed by atoms with Crippen LogP contribution in [-0.2, 0) is 18.9 Å². The summed E-state index contributed by atoms with van der Waals surface area (Å²) in [5.41, 5.74) is 0.866. The van der Waals surface area contributed by atoms with Crippen molar-refractivity contribution >= 4 is 0 Å². The molecular formula is C73H148F2N10O5. The van der Waals surface area contributed by atoms with Gasteiger partial charge in [-0.3, -0.25) is 29.4 Å². The lowest BCUT2D eigenvalue weighted by Gasteiger charge is -2.49. The number of alkyl halides is 2. The number of morpholine rings is 1. The first kappa shape index (κ1) is 84.9. The highest BCUT2D eigenvalue weighted by atomic mass is 19.3. The molecule has 0 aromatic carbocycles. The van der Waals surface area contributed by atoms with E-state index in [2.05, 4.69) is 198 Å². The number of methoxy groups -OCH3 is 1. The van der Waals surface area contributed by atoms with E-state index in [1.54, 1.807) is 7.11 Å². The van der Waals surface area contributed by atoms with E-state index in [1.807, 2.05) is 32.6 Å². The Bertz CT molecular complexity index is 1890. The van der Waals surface area contributed by atoms with Crippen LogP contribution in [0.15, 0.2) is 0 Å². The Labute approximate surface area is 555 Å². The average molecular weight is 1280 g/mol. The molecule has 10 fully saturated rings. The van der Waals surface area contributed by atoms with Crippen molar-refractivity contribution in [1.29, 1.82) is 5.26 Å². The lowest BCUT2D eigenvalue weighted by Crippen LogP contribution is -2.62. The molecule has 0 aromatic heterocycles. The van der Waals surface area contributed by atoms with Crippen LogP contribution in [0.2, 0.25) is 0 Å². The van der Waals surface area contributed by atoms with E-state index in [9.17, 15) is 13.9 Å². The minimum absolute atomic E-state index is 0.143. The third-order valence-electron chi connectivity index (χ3n) is 20.5. The van der Waals surface area contributed by atoms with Crippen LogP contribution in [0.1, 0.15) is 219 Å². The highest BCUT2D eigenvalue weighted by Crippen LogP contribution is 2.39. The van der Waals surface area contributed by atoms with E-state index in [-0.39, 0.29) is 5.60 Å². The summed E-state index contributed by atoms with van der Waals surface area (Å²) < 4.78 is 46.8. The van der Waals surface area contributed by atoms with Crippen LogP contribution in [0.5, 0.6) is 0 Å². The van der Waals surface area contributed by atoms with Gasteiger partial charge in [-0.05, 0) is 203 Å². The summed E-state index contributed by atoms with van der Waals surface area (Å²) in [5.74, 6) is -1.94. The van der Waals surface area contributed by atoms with Gasteiger partial charge in [0.05, 0.1) is 49.1 Å². The van der Waals surface area contributed by atoms with Gasteiger partial charge in [0.2, 0.25) is 0 Å². The summed E-state index contributed by atoms with van der Waals surface area (Å²) in [6, 6.07) is 10.4. The Hall–Kier alpha value is -1.21. The van der Waals surface area contributed by atoms with Crippen molar-refractivity contribution in [3.63, 3.8) is 0 Å². The molecule has 0 aromatic rings. The first-order chi connectivity index (χ1) is 41.5. The molecule has 10 rings (SSSR count). The fourth-order valence-electron chi connectivity index (χ4n) is 12.7. The van der Waals surface area contributed by atoms with Gasteiger partial charge in [-0.2, -0.15) is 5.26 Å². The second kappa shape index (κ2) is 39.3. The summed E-state index contributed by atoms with van der Waals surface area (Å²) in [6.45, 7) is 76.4. The average Bonchev–Trinajstić information content (AvgIpc) is 1.27. The number of nitrogens with zero attached hydrogens (tertiary/aromatic N) is 9. The largest absolute Gasteiger partial charge is 0.390 e. The van der Waals surface area contributed by atoms with E-state index in [0.717, 1.165) is 109 Å². The first-order valence-corrected chi connectivity index (χ1v) is 36.1. The number of likely N-dealkylation sites (tertiary alicyclic amines) is 7. The number of hydrogen-bond donors (Lipinski definition) is 2. The Morgan fingerprint density at radius 1 is 0.544 bits per heavy atom. The quantitative estimate of drug-likeness (QED) is 0.182. The topological polar surface area (TPSA) is 119 Å². The van der Waals surface area contributed by atoms with Gasteiger partial charge in [0, 0.05) is 183 Å². The number of piperidine rings is 1. The molecule has 10 heterocycles. The van der Waals surface area contributed by atoms with E-state index < -0.39 is 17.6 Å². The van der Waals surface area contributed by atoms with Gasteiger partial charge in [-0.25, -0.2) is 8.78 Å². The second-order valence-electron chi connectivity index (χ2n) is 32.8. The van der Waals surface area contributed by atoms with E-state index >= 15 is 0 Å². The Morgan fingerprint density at radius 3 is 1.24 bits per heavy atom. The van der Waals surface area contributed by atoms with Gasteiger partial charge >= 0.3 is 0 Å². The summed E-state index contributed by atoms with van der Waals surface area (Å²) in [7, 11) is 1.79. The minimum atomic E-state index is -2.73. The zero-order valence-electron chi connectivity index (χ0n) is 63.9. The maximum atomic E-state index is 12.9. The predicted molar refractivity (Wildman–Crippen MR) is 375 cm³/mol. The molecule has 10 aliphatic rings. The van der Waals surface area contributed by atoms with Crippen molar-refractivity contribution in [2.45, 2.75) is 321 Å². The summed E-state index contributed by atoms with van der Waals surface area (Å²) in [5, 5.41) is 21.5. The van der Waals surface area contributed by atoms with Crippen LogP contribution in [-0.4, -0.2) is 271 Å². The van der Waals surface area contributed by atoms with Gasteiger partial charge in [0.1, 0.15) is 6.10 Å². The third-order valence-corrected chi connectivity index (χ3v) is 20.5. The lowest BCUT2D eigenvalue weighted by atomic mass is 9.76. The number of ether oxygens (including phenoxy) is 4. The van der Waals surface area contributed by atoms with Gasteiger partial charge in [0.25, 0.3) is 5.92 Å². The molecule has 90 heavy (non-hydrogen) atoms. The highest BCUT2D eigenvalue weighted by molar-refractivity contribution is 4.97. The molecule has 0 saturated carbocycles. The molecular weight excluding hydrogens is 1130 g/mol. The van der Waals surface area contributed by atoms with Crippen molar-refractivity contribution in [2.24, 2.45) is 22.7 Å². The standard InChI is InChI=1S/C10H19NO.C9H17F2NO.C9H19NO.2C8H17NO.C8H17N.C7H12N2.2C7H15N/c1-9(2)11-5-3-10(4-6-11)7-12-8-10;1-7(2)12-4-5-13-8(6-12)9(3,10)11;1-7(2)10-5-8(6-10)9(3,4)11;1-7(2)9-5-8(3,6-9)10-4;1-6(2)9-8-4-5-10-7(8)3;1-7(2)9-5-8(3,4)6-9;1-6(2)9-4-7(3-8)5-9;2*1-6(2)8-5-4-7(8)3/h9H,3-8H2,1-2H3;7-8H,4-6H2,1-3H3;7-8,11H,5-6H2,1-4H3;7H,5-6H2,1-4H3;6-9H,4-5H2,1-3H3;7H,5-6H2,1-4H3;6-7H,4-5H2,1-2H3;2*6-7H,4-5H2,1-3H3/t;;;;7-,8+;;;2*7-/m....0..10/s1. The van der Waals surface area contributed by atoms with Crippen molar-refractivity contribution in [3.8, 4) is 6.07 Å². The van der Waals surface area contributed by atoms with Crippen molar-refractivity contribution in [2.75, 3.05) is 125 Å².